The monoisotopic (exact) mass is 548 g/mol. The van der Waals surface area contributed by atoms with E-state index in [1.807, 2.05) is 86.6 Å². The molecule has 7 heteroatoms. The Morgan fingerprint density at radius 2 is 1.44 bits per heavy atom. The van der Waals surface area contributed by atoms with Crippen LogP contribution in [0.1, 0.15) is 43.7 Å². The van der Waals surface area contributed by atoms with Crippen LogP contribution in [0.2, 0.25) is 0 Å². The Labute approximate surface area is 241 Å². The van der Waals surface area contributed by atoms with Gasteiger partial charge < -0.3 is 9.47 Å². The van der Waals surface area contributed by atoms with Gasteiger partial charge in [0.05, 0.1) is 30.3 Å². The SMILES string of the molecule is C=C(C)C(=O)OCCCCCCOc1ccc2ccccc2c1N=Nc1ccc(N=Nc2ccccc2C)cc1C. The summed E-state index contributed by atoms with van der Waals surface area (Å²) < 4.78 is 11.3. The Morgan fingerprint density at radius 3 is 2.22 bits per heavy atom. The number of carbonyl (C=O) groups is 1. The van der Waals surface area contributed by atoms with Crippen LogP contribution < -0.4 is 4.74 Å². The van der Waals surface area contributed by atoms with E-state index in [0.717, 1.165) is 64.6 Å². The smallest absolute Gasteiger partial charge is 0.333 e. The van der Waals surface area contributed by atoms with E-state index in [-0.39, 0.29) is 5.97 Å². The third-order valence-corrected chi connectivity index (χ3v) is 6.57. The molecule has 0 radical (unpaired) electrons. The zero-order chi connectivity index (χ0) is 29.0. The minimum absolute atomic E-state index is 0.332. The van der Waals surface area contributed by atoms with Crippen LogP contribution in [-0.2, 0) is 9.53 Å². The number of benzene rings is 4. The van der Waals surface area contributed by atoms with E-state index in [0.29, 0.717) is 30.2 Å². The molecule has 0 fully saturated rings. The molecule has 0 atom stereocenters. The number of esters is 1. The molecule has 0 aliphatic rings. The van der Waals surface area contributed by atoms with Crippen LogP contribution in [0.25, 0.3) is 10.8 Å². The number of hydrogen-bond acceptors (Lipinski definition) is 7. The van der Waals surface area contributed by atoms with Gasteiger partial charge in [0.25, 0.3) is 0 Å². The van der Waals surface area contributed by atoms with Gasteiger partial charge in [-0.1, -0.05) is 55.1 Å². The Hall–Kier alpha value is -4.65. The minimum atomic E-state index is -0.332. The van der Waals surface area contributed by atoms with Crippen molar-refractivity contribution in [3.05, 3.63) is 102 Å². The highest BCUT2D eigenvalue weighted by molar-refractivity contribution is 5.95. The van der Waals surface area contributed by atoms with Crippen molar-refractivity contribution < 1.29 is 14.3 Å². The van der Waals surface area contributed by atoms with E-state index in [2.05, 4.69) is 33.1 Å². The van der Waals surface area contributed by atoms with Crippen molar-refractivity contribution in [2.75, 3.05) is 13.2 Å². The van der Waals surface area contributed by atoms with Crippen LogP contribution >= 0.6 is 0 Å². The van der Waals surface area contributed by atoms with Crippen molar-refractivity contribution in [1.29, 1.82) is 0 Å². The Morgan fingerprint density at radius 1 is 0.732 bits per heavy atom. The second-order valence-electron chi connectivity index (χ2n) is 9.97. The van der Waals surface area contributed by atoms with Gasteiger partial charge in [-0.25, -0.2) is 4.79 Å². The van der Waals surface area contributed by atoms with Crippen LogP contribution in [0, 0.1) is 13.8 Å². The number of azo groups is 2. The highest BCUT2D eigenvalue weighted by Gasteiger charge is 2.10. The molecule has 4 rings (SSSR count). The van der Waals surface area contributed by atoms with Gasteiger partial charge in [0.15, 0.2) is 0 Å². The molecule has 210 valence electrons. The molecule has 0 spiro atoms. The maximum atomic E-state index is 11.5. The molecular weight excluding hydrogens is 512 g/mol. The topological polar surface area (TPSA) is 85.0 Å². The van der Waals surface area contributed by atoms with E-state index < -0.39 is 0 Å². The van der Waals surface area contributed by atoms with Gasteiger partial charge >= 0.3 is 5.97 Å². The summed E-state index contributed by atoms with van der Waals surface area (Å²) in [4.78, 5) is 11.5. The van der Waals surface area contributed by atoms with Crippen molar-refractivity contribution in [3.8, 4) is 5.75 Å². The van der Waals surface area contributed by atoms with Crippen LogP contribution in [0.15, 0.2) is 111 Å². The highest BCUT2D eigenvalue weighted by Crippen LogP contribution is 2.38. The van der Waals surface area contributed by atoms with Crippen molar-refractivity contribution in [1.82, 2.24) is 0 Å². The third-order valence-electron chi connectivity index (χ3n) is 6.57. The number of rotatable bonds is 13. The molecule has 4 aromatic carbocycles. The molecule has 0 aromatic heterocycles. The summed E-state index contributed by atoms with van der Waals surface area (Å²) in [5.41, 5.74) is 5.52. The number of nitrogens with zero attached hydrogens (tertiary/aromatic N) is 4. The normalized spacial score (nSPS) is 11.4. The molecule has 0 aliphatic heterocycles. The minimum Gasteiger partial charge on any atom is -0.491 e. The summed E-state index contributed by atoms with van der Waals surface area (Å²) in [6, 6.07) is 25.7. The Bertz CT molecular complexity index is 1580. The summed E-state index contributed by atoms with van der Waals surface area (Å²) in [6.07, 6.45) is 3.63. The van der Waals surface area contributed by atoms with Gasteiger partial charge in [-0.3, -0.25) is 0 Å². The molecule has 0 N–H and O–H groups in total. The summed E-state index contributed by atoms with van der Waals surface area (Å²) in [7, 11) is 0. The number of unbranched alkanes of at least 4 members (excludes halogenated alkanes) is 3. The predicted octanol–water partition coefficient (Wildman–Crippen LogP) is 10.3. The molecule has 4 aromatic rings. The molecule has 0 saturated carbocycles. The fourth-order valence-electron chi connectivity index (χ4n) is 4.19. The molecule has 0 unspecified atom stereocenters. The lowest BCUT2D eigenvalue weighted by molar-refractivity contribution is -0.139. The molecule has 7 nitrogen and oxygen atoms in total. The summed E-state index contributed by atoms with van der Waals surface area (Å²) >= 11 is 0. The standard InChI is InChI=1S/C34H36N4O3/c1-24(2)34(39)41-22-12-6-5-11-21-40-32-20-17-27-14-8-9-15-29(27)33(32)38-37-31-19-18-28(23-26(31)4)35-36-30-16-10-7-13-25(30)3/h7-10,13-20,23H,1,5-6,11-12,21-22H2,2-4H3. The van der Waals surface area contributed by atoms with Crippen molar-refractivity contribution in [2.24, 2.45) is 20.5 Å². The van der Waals surface area contributed by atoms with Gasteiger partial charge in [0.2, 0.25) is 0 Å². The van der Waals surface area contributed by atoms with Crippen molar-refractivity contribution in [2.45, 2.75) is 46.5 Å². The van der Waals surface area contributed by atoms with E-state index in [1.165, 1.54) is 0 Å². The molecule has 0 aliphatic carbocycles. The first-order valence-corrected chi connectivity index (χ1v) is 13.9. The molecular formula is C34H36N4O3. The molecule has 0 heterocycles. The first kappa shape index (κ1) is 29.3. The lowest BCUT2D eigenvalue weighted by atomic mass is 10.1. The van der Waals surface area contributed by atoms with Crippen LogP contribution in [0.3, 0.4) is 0 Å². The summed E-state index contributed by atoms with van der Waals surface area (Å²) in [5.74, 6) is 0.366. The van der Waals surface area contributed by atoms with Gasteiger partial charge in [-0.2, -0.15) is 15.3 Å². The fourth-order valence-corrected chi connectivity index (χ4v) is 4.19. The van der Waals surface area contributed by atoms with E-state index in [1.54, 1.807) is 6.92 Å². The second kappa shape index (κ2) is 14.7. The maximum absolute atomic E-state index is 11.5. The number of carbonyl (C=O) groups excluding carboxylic acids is 1. The average molecular weight is 549 g/mol. The summed E-state index contributed by atoms with van der Waals surface area (Å²) in [6.45, 7) is 10.2. The van der Waals surface area contributed by atoms with Crippen molar-refractivity contribution >= 4 is 39.5 Å². The fraction of sp³-hybridized carbons (Fsp3) is 0.265. The third kappa shape index (κ3) is 8.42. The van der Waals surface area contributed by atoms with Crippen molar-refractivity contribution in [3.63, 3.8) is 0 Å². The van der Waals surface area contributed by atoms with Gasteiger partial charge in [0, 0.05) is 11.0 Å². The van der Waals surface area contributed by atoms with E-state index >= 15 is 0 Å². The maximum Gasteiger partial charge on any atom is 0.333 e. The van der Waals surface area contributed by atoms with Gasteiger partial charge in [-0.15, -0.1) is 5.11 Å². The van der Waals surface area contributed by atoms with Gasteiger partial charge in [0.1, 0.15) is 11.4 Å². The van der Waals surface area contributed by atoms with E-state index in [4.69, 9.17) is 9.47 Å². The first-order chi connectivity index (χ1) is 19.9. The zero-order valence-corrected chi connectivity index (χ0v) is 24.0. The van der Waals surface area contributed by atoms with Crippen LogP contribution in [-0.4, -0.2) is 19.2 Å². The lowest BCUT2D eigenvalue weighted by Gasteiger charge is -2.11. The average Bonchev–Trinajstić information content (AvgIpc) is 2.97. The summed E-state index contributed by atoms with van der Waals surface area (Å²) in [5, 5.41) is 20.1. The van der Waals surface area contributed by atoms with Crippen LogP contribution in [0.5, 0.6) is 5.75 Å². The largest absolute Gasteiger partial charge is 0.491 e. The van der Waals surface area contributed by atoms with Gasteiger partial charge in [-0.05, 0) is 93.3 Å². The Kier molecular flexibility index (Phi) is 10.5. The molecule has 0 amide bonds. The number of ether oxygens (including phenoxy) is 2. The first-order valence-electron chi connectivity index (χ1n) is 13.9. The Balaban J connectivity index is 1.41. The highest BCUT2D eigenvalue weighted by atomic mass is 16.5. The predicted molar refractivity (Wildman–Crippen MR) is 164 cm³/mol. The quantitative estimate of drug-likeness (QED) is 0.0721. The molecule has 41 heavy (non-hydrogen) atoms. The number of hydrogen-bond donors (Lipinski definition) is 0. The molecule has 0 bridgehead atoms. The number of aryl methyl sites for hydroxylation is 2. The lowest BCUT2D eigenvalue weighted by Crippen LogP contribution is -2.06. The zero-order valence-electron chi connectivity index (χ0n) is 24.0. The van der Waals surface area contributed by atoms with E-state index in [9.17, 15) is 4.79 Å². The second-order valence-corrected chi connectivity index (χ2v) is 9.97. The number of fused-ring (bicyclic) bond motifs is 1. The van der Waals surface area contributed by atoms with Crippen LogP contribution in [0.4, 0.5) is 22.7 Å². The molecule has 0 saturated heterocycles.